The van der Waals surface area contributed by atoms with Gasteiger partial charge >= 0.3 is 6.18 Å². The van der Waals surface area contributed by atoms with Crippen molar-refractivity contribution < 1.29 is 31.1 Å². The van der Waals surface area contributed by atoms with Gasteiger partial charge in [-0.05, 0) is 42.3 Å². The molecule has 0 atom stereocenters. The van der Waals surface area contributed by atoms with Gasteiger partial charge in [0.2, 0.25) is 5.75 Å². The van der Waals surface area contributed by atoms with E-state index in [0.717, 1.165) is 18.2 Å². The molecule has 4 aromatic rings. The second-order valence-corrected chi connectivity index (χ2v) is 8.16. The summed E-state index contributed by atoms with van der Waals surface area (Å²) >= 11 is 5.95. The van der Waals surface area contributed by atoms with E-state index in [2.05, 4.69) is 22.0 Å². The first kappa shape index (κ1) is 27.3. The SMILES string of the molecule is NC#Cc1cc(Cl)cc(Oc2c(C(F)(F)F)ncn(Cc3cc(-c4ccc(F)c(F)c4F)c(=O)[nH]n3)c2=O)c1. The van der Waals surface area contributed by atoms with Gasteiger partial charge in [-0.3, -0.25) is 14.2 Å². The van der Waals surface area contributed by atoms with Crippen LogP contribution in [0.4, 0.5) is 26.3 Å². The summed E-state index contributed by atoms with van der Waals surface area (Å²) in [5, 5.41) is 5.71. The lowest BCUT2D eigenvalue weighted by molar-refractivity contribution is -0.142. The van der Waals surface area contributed by atoms with Crippen molar-refractivity contribution in [3.8, 4) is 34.6 Å². The molecular weight excluding hydrogens is 556 g/mol. The number of benzene rings is 2. The third-order valence-electron chi connectivity index (χ3n) is 5.09. The first-order chi connectivity index (χ1) is 18.4. The highest BCUT2D eigenvalue weighted by Gasteiger charge is 2.39. The summed E-state index contributed by atoms with van der Waals surface area (Å²) in [6.45, 7) is -0.588. The zero-order chi connectivity index (χ0) is 28.5. The van der Waals surface area contributed by atoms with Crippen LogP contribution in [0.3, 0.4) is 0 Å². The Labute approximate surface area is 218 Å². The van der Waals surface area contributed by atoms with Gasteiger partial charge < -0.3 is 10.5 Å². The van der Waals surface area contributed by atoms with Gasteiger partial charge in [-0.1, -0.05) is 11.6 Å². The lowest BCUT2D eigenvalue weighted by Crippen LogP contribution is -2.27. The standard InChI is InChI=1S/C24H12ClF6N5O3/c25-12-5-11(3-4-32)6-14(7-12)39-20-21(24(29,30)31)33-10-36(23(20)38)9-13-8-16(22(37)35-34-13)15-1-2-17(26)19(28)18(15)27/h1-2,5-8,10H,9,32H2,(H,35,37). The normalized spacial score (nSPS) is 11.2. The summed E-state index contributed by atoms with van der Waals surface area (Å²) in [5.74, 6) is -4.00. The highest BCUT2D eigenvalue weighted by molar-refractivity contribution is 6.30. The minimum absolute atomic E-state index is 0.0254. The van der Waals surface area contributed by atoms with Crippen molar-refractivity contribution in [1.82, 2.24) is 19.7 Å². The zero-order valence-corrected chi connectivity index (χ0v) is 19.8. The number of nitrogens with zero attached hydrogens (tertiary/aromatic N) is 3. The lowest BCUT2D eigenvalue weighted by atomic mass is 10.1. The minimum atomic E-state index is -5.10. The monoisotopic (exact) mass is 567 g/mol. The van der Waals surface area contributed by atoms with Gasteiger partial charge in [-0.2, -0.15) is 18.3 Å². The number of ether oxygens (including phenoxy) is 1. The van der Waals surface area contributed by atoms with E-state index in [-0.39, 0.29) is 22.0 Å². The van der Waals surface area contributed by atoms with Crippen LogP contribution in [0.5, 0.6) is 11.5 Å². The Balaban J connectivity index is 1.78. The molecule has 39 heavy (non-hydrogen) atoms. The van der Waals surface area contributed by atoms with Crippen molar-refractivity contribution >= 4 is 11.6 Å². The molecule has 2 aromatic heterocycles. The van der Waals surface area contributed by atoms with Crippen LogP contribution in [0, 0.1) is 29.4 Å². The van der Waals surface area contributed by atoms with Gasteiger partial charge in [0.15, 0.2) is 23.1 Å². The molecule has 0 aliphatic heterocycles. The second kappa shape index (κ2) is 10.5. The van der Waals surface area contributed by atoms with Gasteiger partial charge in [0.1, 0.15) is 5.75 Å². The van der Waals surface area contributed by atoms with Crippen molar-refractivity contribution in [2.75, 3.05) is 0 Å². The highest BCUT2D eigenvalue weighted by Crippen LogP contribution is 2.35. The lowest BCUT2D eigenvalue weighted by Gasteiger charge is -2.15. The first-order valence-corrected chi connectivity index (χ1v) is 10.9. The molecular formula is C24H12ClF6N5O3. The molecule has 8 nitrogen and oxygen atoms in total. The Morgan fingerprint density at radius 2 is 1.79 bits per heavy atom. The van der Waals surface area contributed by atoms with Crippen molar-refractivity contribution in [2.24, 2.45) is 5.73 Å². The van der Waals surface area contributed by atoms with Crippen LogP contribution in [-0.4, -0.2) is 19.7 Å². The van der Waals surface area contributed by atoms with Crippen LogP contribution in [0.15, 0.2) is 52.3 Å². The van der Waals surface area contributed by atoms with E-state index < -0.39 is 63.9 Å². The maximum absolute atomic E-state index is 14.3. The first-order valence-electron chi connectivity index (χ1n) is 10.5. The highest BCUT2D eigenvalue weighted by atomic mass is 35.5. The van der Waals surface area contributed by atoms with Gasteiger partial charge in [-0.25, -0.2) is 23.3 Å². The molecule has 0 unspecified atom stereocenters. The average molecular weight is 568 g/mol. The van der Waals surface area contributed by atoms with E-state index in [1.165, 1.54) is 12.1 Å². The molecule has 0 saturated heterocycles. The summed E-state index contributed by atoms with van der Waals surface area (Å²) in [7, 11) is 0. The smallest absolute Gasteiger partial charge is 0.437 e. The Hall–Kier alpha value is -4.77. The number of hydrogen-bond acceptors (Lipinski definition) is 6. The van der Waals surface area contributed by atoms with Crippen LogP contribution >= 0.6 is 11.6 Å². The Morgan fingerprint density at radius 1 is 1.05 bits per heavy atom. The Bertz CT molecular complexity index is 1780. The van der Waals surface area contributed by atoms with Crippen molar-refractivity contribution in [3.63, 3.8) is 0 Å². The molecule has 0 aliphatic rings. The van der Waals surface area contributed by atoms with Crippen LogP contribution in [0.1, 0.15) is 17.0 Å². The van der Waals surface area contributed by atoms with E-state index >= 15 is 0 Å². The van der Waals surface area contributed by atoms with E-state index in [0.29, 0.717) is 17.0 Å². The topological polar surface area (TPSA) is 116 Å². The third-order valence-corrected chi connectivity index (χ3v) is 5.31. The number of rotatable bonds is 5. The predicted octanol–water partition coefficient (Wildman–Crippen LogP) is 4.19. The number of H-pyrrole nitrogens is 1. The minimum Gasteiger partial charge on any atom is -0.449 e. The van der Waals surface area contributed by atoms with Gasteiger partial charge in [0.05, 0.1) is 24.1 Å². The molecule has 2 aromatic carbocycles. The van der Waals surface area contributed by atoms with E-state index in [1.807, 2.05) is 5.10 Å². The number of alkyl halides is 3. The van der Waals surface area contributed by atoms with Crippen molar-refractivity contribution in [3.05, 3.63) is 103 Å². The molecule has 0 radical (unpaired) electrons. The van der Waals surface area contributed by atoms with E-state index in [1.54, 1.807) is 0 Å². The molecule has 4 rings (SSSR count). The number of hydrogen-bond donors (Lipinski definition) is 2. The Morgan fingerprint density at radius 3 is 2.49 bits per heavy atom. The molecule has 2 heterocycles. The quantitative estimate of drug-likeness (QED) is 0.162. The number of nitrogens with two attached hydrogens (primary N) is 1. The summed E-state index contributed by atoms with van der Waals surface area (Å²) in [6, 6.07) is 8.14. The fraction of sp³-hybridized carbons (Fsp3) is 0.0833. The van der Waals surface area contributed by atoms with Crippen LogP contribution in [0.2, 0.25) is 5.02 Å². The molecule has 3 N–H and O–H groups in total. The molecule has 0 bridgehead atoms. The van der Waals surface area contributed by atoms with Gasteiger partial charge in [0, 0.05) is 22.2 Å². The molecule has 15 heteroatoms. The molecule has 0 spiro atoms. The summed E-state index contributed by atoms with van der Waals surface area (Å²) < 4.78 is 88.2. The summed E-state index contributed by atoms with van der Waals surface area (Å²) in [4.78, 5) is 28.6. The largest absolute Gasteiger partial charge is 0.449 e. The average Bonchev–Trinajstić information content (AvgIpc) is 2.85. The van der Waals surface area contributed by atoms with Gasteiger partial charge in [0.25, 0.3) is 11.1 Å². The van der Waals surface area contributed by atoms with Crippen LogP contribution in [-0.2, 0) is 12.7 Å². The molecule has 0 aliphatic carbocycles. The van der Waals surface area contributed by atoms with Crippen LogP contribution < -0.4 is 21.6 Å². The molecule has 0 amide bonds. The van der Waals surface area contributed by atoms with Crippen molar-refractivity contribution in [2.45, 2.75) is 12.7 Å². The molecule has 0 saturated carbocycles. The summed E-state index contributed by atoms with van der Waals surface area (Å²) in [5.41, 5.74) is 0.136. The van der Waals surface area contributed by atoms with Crippen molar-refractivity contribution in [1.29, 1.82) is 0 Å². The molecule has 200 valence electrons. The van der Waals surface area contributed by atoms with Crippen LogP contribution in [0.25, 0.3) is 11.1 Å². The second-order valence-electron chi connectivity index (χ2n) is 7.73. The third kappa shape index (κ3) is 5.73. The fourth-order valence-electron chi connectivity index (χ4n) is 3.41. The molecule has 0 fully saturated rings. The maximum atomic E-state index is 14.3. The number of aromatic nitrogens is 4. The Kier molecular flexibility index (Phi) is 7.37. The fourth-order valence-corrected chi connectivity index (χ4v) is 3.63. The summed E-state index contributed by atoms with van der Waals surface area (Å²) in [6.07, 6.45) is -4.54. The number of aromatic amines is 1. The number of halogens is 7. The van der Waals surface area contributed by atoms with E-state index in [9.17, 15) is 35.9 Å². The predicted molar refractivity (Wildman–Crippen MR) is 125 cm³/mol. The zero-order valence-electron chi connectivity index (χ0n) is 19.0. The number of nitrogens with one attached hydrogen (secondary N) is 1. The maximum Gasteiger partial charge on any atom is 0.437 e. The van der Waals surface area contributed by atoms with E-state index in [4.69, 9.17) is 22.1 Å². The van der Waals surface area contributed by atoms with Gasteiger partial charge in [-0.15, -0.1) is 0 Å².